The van der Waals surface area contributed by atoms with E-state index in [4.69, 9.17) is 9.47 Å². The van der Waals surface area contributed by atoms with Gasteiger partial charge in [0.1, 0.15) is 5.75 Å². The molecule has 0 N–H and O–H groups in total. The fourth-order valence-corrected chi connectivity index (χ4v) is 2.68. The molecule has 0 aromatic heterocycles. The zero-order valence-corrected chi connectivity index (χ0v) is 13.7. The van der Waals surface area contributed by atoms with Gasteiger partial charge in [-0.1, -0.05) is 40.2 Å². The van der Waals surface area contributed by atoms with Crippen molar-refractivity contribution < 1.29 is 9.47 Å². The van der Waals surface area contributed by atoms with Crippen LogP contribution >= 0.6 is 31.9 Å². The van der Waals surface area contributed by atoms with Gasteiger partial charge in [0.2, 0.25) is 0 Å². The first-order chi connectivity index (χ1) is 9.20. The fourth-order valence-electron chi connectivity index (χ4n) is 1.69. The van der Waals surface area contributed by atoms with Crippen LogP contribution in [0.4, 0.5) is 0 Å². The van der Waals surface area contributed by atoms with Crippen LogP contribution in [0.25, 0.3) is 0 Å². The summed E-state index contributed by atoms with van der Waals surface area (Å²) in [4.78, 5) is 0. The summed E-state index contributed by atoms with van der Waals surface area (Å²) in [5.74, 6) is 0.828. The van der Waals surface area contributed by atoms with Gasteiger partial charge < -0.3 is 9.47 Å². The molecule has 2 aromatic rings. The minimum Gasteiger partial charge on any atom is -0.496 e. The first-order valence-electron chi connectivity index (χ1n) is 5.84. The molecule has 0 aliphatic carbocycles. The number of hydrogen-bond donors (Lipinski definition) is 0. The second kappa shape index (κ2) is 7.08. The Morgan fingerprint density at radius 3 is 2.42 bits per heavy atom. The average molecular weight is 386 g/mol. The predicted octanol–water partition coefficient (Wildman–Crippen LogP) is 4.94. The Balaban J connectivity index is 1.93. The van der Waals surface area contributed by atoms with Crippen LogP contribution in [0, 0.1) is 0 Å². The van der Waals surface area contributed by atoms with Crippen LogP contribution in [0.2, 0.25) is 0 Å². The molecule has 2 aromatic carbocycles. The van der Waals surface area contributed by atoms with E-state index in [2.05, 4.69) is 31.9 Å². The molecule has 0 saturated heterocycles. The van der Waals surface area contributed by atoms with E-state index in [1.54, 1.807) is 7.11 Å². The molecule has 4 heteroatoms. The molecular formula is C15H14Br2O2. The molecule has 0 aliphatic rings. The Labute approximate surface area is 130 Å². The van der Waals surface area contributed by atoms with Crippen LogP contribution < -0.4 is 4.74 Å². The van der Waals surface area contributed by atoms with Crippen molar-refractivity contribution in [3.05, 3.63) is 62.5 Å². The van der Waals surface area contributed by atoms with Gasteiger partial charge in [-0.15, -0.1) is 0 Å². The standard InChI is InChI=1S/C15H14Br2O2/c1-18-15-7-6-11(8-14(15)17)9-19-10-12-4-2-3-5-13(12)16/h2-8H,9-10H2,1H3. The van der Waals surface area contributed by atoms with Crippen LogP contribution in [0.1, 0.15) is 11.1 Å². The normalized spacial score (nSPS) is 10.5. The van der Waals surface area contributed by atoms with E-state index in [0.717, 1.165) is 25.8 Å². The highest BCUT2D eigenvalue weighted by molar-refractivity contribution is 9.10. The lowest BCUT2D eigenvalue weighted by atomic mass is 10.2. The summed E-state index contributed by atoms with van der Waals surface area (Å²) >= 11 is 6.98. The maximum absolute atomic E-state index is 5.72. The van der Waals surface area contributed by atoms with Gasteiger partial charge in [0.25, 0.3) is 0 Å². The minimum atomic E-state index is 0.573. The first-order valence-corrected chi connectivity index (χ1v) is 7.43. The second-order valence-corrected chi connectivity index (χ2v) is 5.76. The number of halogens is 2. The van der Waals surface area contributed by atoms with E-state index in [9.17, 15) is 0 Å². The molecule has 0 unspecified atom stereocenters. The monoisotopic (exact) mass is 384 g/mol. The highest BCUT2D eigenvalue weighted by Gasteiger charge is 2.03. The second-order valence-electron chi connectivity index (χ2n) is 4.05. The Hall–Kier alpha value is -0.840. The zero-order valence-electron chi connectivity index (χ0n) is 10.5. The number of ether oxygens (including phenoxy) is 2. The molecule has 0 amide bonds. The van der Waals surface area contributed by atoms with E-state index in [-0.39, 0.29) is 0 Å². The van der Waals surface area contributed by atoms with E-state index < -0.39 is 0 Å². The lowest BCUT2D eigenvalue weighted by Crippen LogP contribution is -1.95. The molecule has 0 fully saturated rings. The molecule has 0 atom stereocenters. The Bertz CT molecular complexity index is 556. The molecular weight excluding hydrogens is 372 g/mol. The van der Waals surface area contributed by atoms with Crippen molar-refractivity contribution in [2.45, 2.75) is 13.2 Å². The Morgan fingerprint density at radius 2 is 1.74 bits per heavy atom. The molecule has 0 radical (unpaired) electrons. The van der Waals surface area contributed by atoms with Crippen LogP contribution in [-0.2, 0) is 18.0 Å². The van der Waals surface area contributed by atoms with Crippen molar-refractivity contribution >= 4 is 31.9 Å². The first kappa shape index (κ1) is 14.6. The SMILES string of the molecule is COc1ccc(COCc2ccccc2Br)cc1Br. The van der Waals surface area contributed by atoms with Gasteiger partial charge in [0.05, 0.1) is 24.8 Å². The summed E-state index contributed by atoms with van der Waals surface area (Å²) < 4.78 is 12.9. The highest BCUT2D eigenvalue weighted by Crippen LogP contribution is 2.26. The van der Waals surface area contributed by atoms with Gasteiger partial charge in [0, 0.05) is 4.47 Å². The minimum absolute atomic E-state index is 0.573. The maximum atomic E-state index is 5.72. The van der Waals surface area contributed by atoms with Crippen LogP contribution in [0.5, 0.6) is 5.75 Å². The quantitative estimate of drug-likeness (QED) is 0.725. The third-order valence-electron chi connectivity index (χ3n) is 2.70. The van der Waals surface area contributed by atoms with E-state index >= 15 is 0 Å². The topological polar surface area (TPSA) is 18.5 Å². The molecule has 0 spiro atoms. The molecule has 0 bridgehead atoms. The summed E-state index contributed by atoms with van der Waals surface area (Å²) in [6, 6.07) is 14.0. The lowest BCUT2D eigenvalue weighted by molar-refractivity contribution is 0.106. The molecule has 0 aliphatic heterocycles. The van der Waals surface area contributed by atoms with Gasteiger partial charge in [-0.2, -0.15) is 0 Å². The van der Waals surface area contributed by atoms with E-state index in [1.807, 2.05) is 42.5 Å². The maximum Gasteiger partial charge on any atom is 0.133 e. The van der Waals surface area contributed by atoms with Gasteiger partial charge in [-0.3, -0.25) is 0 Å². The smallest absolute Gasteiger partial charge is 0.133 e. The molecule has 2 nitrogen and oxygen atoms in total. The van der Waals surface area contributed by atoms with E-state index in [1.165, 1.54) is 0 Å². The summed E-state index contributed by atoms with van der Waals surface area (Å²) in [7, 11) is 1.66. The van der Waals surface area contributed by atoms with Gasteiger partial charge >= 0.3 is 0 Å². The predicted molar refractivity (Wildman–Crippen MR) is 83.3 cm³/mol. The van der Waals surface area contributed by atoms with Gasteiger partial charge in [-0.25, -0.2) is 0 Å². The van der Waals surface area contributed by atoms with Crippen molar-refractivity contribution in [1.82, 2.24) is 0 Å². The number of methoxy groups -OCH3 is 1. The van der Waals surface area contributed by atoms with Crippen molar-refractivity contribution in [3.8, 4) is 5.75 Å². The van der Waals surface area contributed by atoms with Gasteiger partial charge in [-0.05, 0) is 45.3 Å². The van der Waals surface area contributed by atoms with Crippen molar-refractivity contribution in [3.63, 3.8) is 0 Å². The molecule has 2 rings (SSSR count). The Morgan fingerprint density at radius 1 is 0.947 bits per heavy atom. The highest BCUT2D eigenvalue weighted by atomic mass is 79.9. The van der Waals surface area contributed by atoms with Crippen LogP contribution in [0.15, 0.2) is 51.4 Å². The van der Waals surface area contributed by atoms with Gasteiger partial charge in [0.15, 0.2) is 0 Å². The molecule has 19 heavy (non-hydrogen) atoms. The van der Waals surface area contributed by atoms with Crippen molar-refractivity contribution in [1.29, 1.82) is 0 Å². The average Bonchev–Trinajstić information content (AvgIpc) is 2.41. The van der Waals surface area contributed by atoms with E-state index in [0.29, 0.717) is 13.2 Å². The molecule has 100 valence electrons. The third-order valence-corrected chi connectivity index (χ3v) is 4.09. The molecule has 0 saturated carbocycles. The summed E-state index contributed by atoms with van der Waals surface area (Å²) in [5, 5.41) is 0. The van der Waals surface area contributed by atoms with Crippen LogP contribution in [0.3, 0.4) is 0 Å². The fraction of sp³-hybridized carbons (Fsp3) is 0.200. The number of rotatable bonds is 5. The number of benzene rings is 2. The third kappa shape index (κ3) is 4.06. The zero-order chi connectivity index (χ0) is 13.7. The summed E-state index contributed by atoms with van der Waals surface area (Å²) in [5.41, 5.74) is 2.26. The largest absolute Gasteiger partial charge is 0.496 e. The van der Waals surface area contributed by atoms with Crippen molar-refractivity contribution in [2.75, 3.05) is 7.11 Å². The lowest BCUT2D eigenvalue weighted by Gasteiger charge is -2.08. The summed E-state index contributed by atoms with van der Waals surface area (Å²) in [6.45, 7) is 1.16. The van der Waals surface area contributed by atoms with Crippen LogP contribution in [-0.4, -0.2) is 7.11 Å². The summed E-state index contributed by atoms with van der Waals surface area (Å²) in [6.07, 6.45) is 0. The van der Waals surface area contributed by atoms with Crippen molar-refractivity contribution in [2.24, 2.45) is 0 Å². The Kier molecular flexibility index (Phi) is 5.43. The number of hydrogen-bond acceptors (Lipinski definition) is 2. The molecule has 0 heterocycles.